The number of hydrogen-bond acceptors (Lipinski definition) is 7. The molecule has 0 unspecified atom stereocenters. The highest BCUT2D eigenvalue weighted by Crippen LogP contribution is 2.31. The van der Waals surface area contributed by atoms with Gasteiger partial charge in [0.1, 0.15) is 11.5 Å². The predicted molar refractivity (Wildman–Crippen MR) is 122 cm³/mol. The van der Waals surface area contributed by atoms with Crippen LogP contribution in [0.3, 0.4) is 0 Å². The normalized spacial score (nSPS) is 22.1. The summed E-state index contributed by atoms with van der Waals surface area (Å²) in [5.74, 6) is 0.0863. The van der Waals surface area contributed by atoms with Crippen LogP contribution in [0.2, 0.25) is 0 Å². The Hall–Kier alpha value is -2.33. The van der Waals surface area contributed by atoms with Gasteiger partial charge < -0.3 is 15.1 Å². The van der Waals surface area contributed by atoms with Gasteiger partial charge in [0.05, 0.1) is 19.0 Å². The van der Waals surface area contributed by atoms with E-state index in [1.54, 1.807) is 6.92 Å². The summed E-state index contributed by atoms with van der Waals surface area (Å²) in [6, 6.07) is 0.304. The number of halogens is 1. The van der Waals surface area contributed by atoms with E-state index < -0.39 is 11.7 Å². The number of amides is 2. The van der Waals surface area contributed by atoms with Gasteiger partial charge in [-0.3, -0.25) is 14.8 Å². The molecule has 1 aromatic heterocycles. The van der Waals surface area contributed by atoms with Gasteiger partial charge in [0.25, 0.3) is 0 Å². The molecule has 1 saturated heterocycles. The zero-order chi connectivity index (χ0) is 24.1. The Labute approximate surface area is 195 Å². The minimum Gasteiger partial charge on any atom is -0.352 e. The number of hydrogen-bond donors (Lipinski definition) is 2. The topological polar surface area (TPSA) is 102 Å². The highest BCUT2D eigenvalue weighted by atomic mass is 19.1. The van der Waals surface area contributed by atoms with E-state index in [0.29, 0.717) is 54.7 Å². The Morgan fingerprint density at radius 3 is 2.61 bits per heavy atom. The third-order valence-electron chi connectivity index (χ3n) is 6.97. The van der Waals surface area contributed by atoms with Crippen molar-refractivity contribution in [3.8, 4) is 0 Å². The van der Waals surface area contributed by atoms with E-state index in [9.17, 15) is 14.8 Å². The van der Waals surface area contributed by atoms with Crippen molar-refractivity contribution < 1.29 is 19.2 Å². The molecule has 0 bridgehead atoms. The van der Waals surface area contributed by atoms with Crippen LogP contribution in [-0.2, 0) is 16.1 Å². The van der Waals surface area contributed by atoms with Crippen LogP contribution < -0.4 is 10.2 Å². The molecule has 2 N–H and O–H groups in total. The van der Waals surface area contributed by atoms with Crippen LogP contribution in [0.4, 0.5) is 10.2 Å². The summed E-state index contributed by atoms with van der Waals surface area (Å²) in [6.45, 7) is 5.08. The van der Waals surface area contributed by atoms with Crippen molar-refractivity contribution in [1.82, 2.24) is 25.2 Å². The Kier molecular flexibility index (Phi) is 8.58. The zero-order valence-corrected chi connectivity index (χ0v) is 20.1. The first-order valence-electron chi connectivity index (χ1n) is 11.8. The molecule has 9 nitrogen and oxygen atoms in total. The fourth-order valence-corrected chi connectivity index (χ4v) is 5.22. The van der Waals surface area contributed by atoms with Gasteiger partial charge in [-0.1, -0.05) is 32.6 Å². The maximum Gasteiger partial charge on any atom is 0.233 e. The number of aryl methyl sites for hydroxylation is 1. The molecule has 0 aromatic carbocycles. The second-order valence-corrected chi connectivity index (χ2v) is 9.80. The minimum absolute atomic E-state index is 0.0742. The molecule has 3 atom stereocenters. The third-order valence-corrected chi connectivity index (χ3v) is 6.97. The summed E-state index contributed by atoms with van der Waals surface area (Å²) in [6.07, 6.45) is 5.24. The molecular formula is C23H37FN6O3. The lowest BCUT2D eigenvalue weighted by molar-refractivity contribution is -0.155. The second-order valence-electron chi connectivity index (χ2n) is 9.80. The fourth-order valence-electron chi connectivity index (χ4n) is 5.22. The van der Waals surface area contributed by atoms with Crippen molar-refractivity contribution in [3.05, 3.63) is 17.3 Å². The van der Waals surface area contributed by atoms with Crippen molar-refractivity contribution in [1.29, 1.82) is 0 Å². The van der Waals surface area contributed by atoms with E-state index in [1.165, 1.54) is 0 Å². The summed E-state index contributed by atoms with van der Waals surface area (Å²) in [7, 11) is 4.04. The van der Waals surface area contributed by atoms with Gasteiger partial charge in [-0.15, -0.1) is 0 Å². The van der Waals surface area contributed by atoms with Crippen molar-refractivity contribution in [2.24, 2.45) is 17.8 Å². The van der Waals surface area contributed by atoms with Crippen LogP contribution in [0.25, 0.3) is 0 Å². The third kappa shape index (κ3) is 6.38. The van der Waals surface area contributed by atoms with Gasteiger partial charge in [0, 0.05) is 19.1 Å². The lowest BCUT2D eigenvalue weighted by Gasteiger charge is -2.23. The smallest absolute Gasteiger partial charge is 0.233 e. The molecule has 33 heavy (non-hydrogen) atoms. The Balaban J connectivity index is 1.70. The zero-order valence-electron chi connectivity index (χ0n) is 20.1. The van der Waals surface area contributed by atoms with Crippen molar-refractivity contribution in [2.45, 2.75) is 58.5 Å². The Morgan fingerprint density at radius 1 is 1.30 bits per heavy atom. The molecule has 1 aliphatic heterocycles. The van der Waals surface area contributed by atoms with Gasteiger partial charge in [0.2, 0.25) is 12.3 Å². The molecule has 2 amide bonds. The standard InChI is InChI=1S/C23H37FN6O3/c1-15-11-29(13-20(15)28(3)4)22-21(24)19(26-16(2)27-22)10-25-23(32)18(12-30(33)14-31)9-17-7-5-6-8-17/h14-15,17-18,20,33H,5-13H2,1-4H3,(H,25,32)/t15-,18+,20-/m0/s1. The van der Waals surface area contributed by atoms with Crippen LogP contribution in [-0.4, -0.2) is 77.2 Å². The molecule has 2 heterocycles. The quantitative estimate of drug-likeness (QED) is 0.310. The number of rotatable bonds is 10. The van der Waals surface area contributed by atoms with E-state index in [1.807, 2.05) is 19.0 Å². The summed E-state index contributed by atoms with van der Waals surface area (Å²) < 4.78 is 15.4. The van der Waals surface area contributed by atoms with Crippen LogP contribution in [0, 0.1) is 30.5 Å². The molecule has 10 heteroatoms. The fraction of sp³-hybridized carbons (Fsp3) is 0.739. The molecule has 0 radical (unpaired) electrons. The van der Waals surface area contributed by atoms with Crippen molar-refractivity contribution >= 4 is 18.1 Å². The minimum atomic E-state index is -0.561. The van der Waals surface area contributed by atoms with Gasteiger partial charge in [0.15, 0.2) is 11.6 Å². The number of nitrogens with zero attached hydrogens (tertiary/aromatic N) is 5. The highest BCUT2D eigenvalue weighted by molar-refractivity contribution is 5.79. The summed E-state index contributed by atoms with van der Waals surface area (Å²) in [4.78, 5) is 36.5. The average molecular weight is 465 g/mol. The number of anilines is 1. The van der Waals surface area contributed by atoms with Crippen molar-refractivity contribution in [3.63, 3.8) is 0 Å². The Morgan fingerprint density at radius 2 is 2.00 bits per heavy atom. The van der Waals surface area contributed by atoms with E-state index in [0.717, 1.165) is 25.7 Å². The van der Waals surface area contributed by atoms with Crippen molar-refractivity contribution in [2.75, 3.05) is 38.6 Å². The number of likely N-dealkylation sites (N-methyl/N-ethyl adjacent to an activating group) is 1. The molecule has 184 valence electrons. The molecule has 1 aliphatic carbocycles. The second kappa shape index (κ2) is 11.2. The van der Waals surface area contributed by atoms with E-state index in [-0.39, 0.29) is 30.5 Å². The van der Waals surface area contributed by atoms with Gasteiger partial charge >= 0.3 is 0 Å². The number of carbonyl (C=O) groups is 2. The maximum absolute atomic E-state index is 15.4. The van der Waals surface area contributed by atoms with Crippen LogP contribution >= 0.6 is 0 Å². The number of nitrogens with one attached hydrogen (secondary N) is 1. The monoisotopic (exact) mass is 464 g/mol. The van der Waals surface area contributed by atoms with Gasteiger partial charge in [-0.2, -0.15) is 0 Å². The molecular weight excluding hydrogens is 427 g/mol. The first-order chi connectivity index (χ1) is 15.7. The predicted octanol–water partition coefficient (Wildman–Crippen LogP) is 1.97. The maximum atomic E-state index is 15.4. The van der Waals surface area contributed by atoms with E-state index in [4.69, 9.17) is 0 Å². The Bertz CT molecular complexity index is 833. The first-order valence-corrected chi connectivity index (χ1v) is 11.8. The molecule has 3 rings (SSSR count). The van der Waals surface area contributed by atoms with E-state index >= 15 is 4.39 Å². The first kappa shape index (κ1) is 25.3. The summed E-state index contributed by atoms with van der Waals surface area (Å²) in [5, 5.41) is 12.9. The number of hydroxylamine groups is 2. The molecule has 1 saturated carbocycles. The lowest BCUT2D eigenvalue weighted by atomic mass is 9.92. The van der Waals surface area contributed by atoms with Gasteiger partial charge in [-0.25, -0.2) is 19.4 Å². The average Bonchev–Trinajstić information content (AvgIpc) is 3.42. The SMILES string of the molecule is Cc1nc(CNC(=O)[C@H](CC2CCCC2)CN(O)C=O)c(F)c(N2C[C@H](C)[C@@H](N(C)C)C2)n1. The summed E-state index contributed by atoms with van der Waals surface area (Å²) in [5.41, 5.74) is 0.141. The van der Waals surface area contributed by atoms with Crippen LogP contribution in [0.1, 0.15) is 50.5 Å². The van der Waals surface area contributed by atoms with Crippen LogP contribution in [0.5, 0.6) is 0 Å². The lowest BCUT2D eigenvalue weighted by Crippen LogP contribution is -2.38. The van der Waals surface area contributed by atoms with Crippen LogP contribution in [0.15, 0.2) is 0 Å². The molecule has 0 spiro atoms. The van der Waals surface area contributed by atoms with E-state index in [2.05, 4.69) is 27.1 Å². The highest BCUT2D eigenvalue weighted by Gasteiger charge is 2.34. The number of carbonyl (C=O) groups excluding carboxylic acids is 2. The molecule has 1 aromatic rings. The summed E-state index contributed by atoms with van der Waals surface area (Å²) >= 11 is 0. The molecule has 2 aliphatic rings. The largest absolute Gasteiger partial charge is 0.352 e. The van der Waals surface area contributed by atoms with Gasteiger partial charge in [-0.05, 0) is 39.3 Å². The molecule has 2 fully saturated rings. The number of aromatic nitrogens is 2.